The monoisotopic (exact) mass is 269 g/mol. The van der Waals surface area contributed by atoms with Crippen LogP contribution < -0.4 is 5.32 Å². The number of urea groups is 1. The summed E-state index contributed by atoms with van der Waals surface area (Å²) in [5.74, 6) is 1.13. The van der Waals surface area contributed by atoms with Crippen molar-refractivity contribution in [3.8, 4) is 12.3 Å². The summed E-state index contributed by atoms with van der Waals surface area (Å²) in [7, 11) is 3.92. The molecule has 19 heavy (non-hydrogen) atoms. The molecule has 0 aromatic rings. The van der Waals surface area contributed by atoms with E-state index in [-0.39, 0.29) is 12.5 Å². The molecule has 6 nitrogen and oxygen atoms in total. The molecule has 0 bridgehead atoms. The summed E-state index contributed by atoms with van der Waals surface area (Å²) in [5, 5.41) is 11.4. The van der Waals surface area contributed by atoms with Crippen LogP contribution in [0.25, 0.3) is 0 Å². The molecular formula is C13H23N3O3. The van der Waals surface area contributed by atoms with Crippen molar-refractivity contribution in [2.24, 2.45) is 0 Å². The minimum absolute atomic E-state index is 0.0175. The number of aliphatic carboxylic acids is 1. The minimum atomic E-state index is -1.12. The SMILES string of the molecule is C#CCC(NC(=O)N(CC)CCCN(C)C)C(=O)O. The topological polar surface area (TPSA) is 72.9 Å². The van der Waals surface area contributed by atoms with Crippen molar-refractivity contribution in [2.45, 2.75) is 25.8 Å². The van der Waals surface area contributed by atoms with Gasteiger partial charge in [0.15, 0.2) is 0 Å². The van der Waals surface area contributed by atoms with Crippen molar-refractivity contribution in [2.75, 3.05) is 33.7 Å². The summed E-state index contributed by atoms with van der Waals surface area (Å²) in [6.07, 6.45) is 5.90. The Morgan fingerprint density at radius 1 is 1.37 bits per heavy atom. The van der Waals surface area contributed by atoms with Crippen LogP contribution >= 0.6 is 0 Å². The number of nitrogens with zero attached hydrogens (tertiary/aromatic N) is 2. The molecule has 2 N–H and O–H groups in total. The molecule has 0 aromatic carbocycles. The van der Waals surface area contributed by atoms with E-state index < -0.39 is 12.0 Å². The third kappa shape index (κ3) is 7.32. The Morgan fingerprint density at radius 2 is 2.00 bits per heavy atom. The lowest BCUT2D eigenvalue weighted by Gasteiger charge is -2.24. The van der Waals surface area contributed by atoms with E-state index in [1.54, 1.807) is 4.90 Å². The van der Waals surface area contributed by atoms with Crippen LogP contribution in [0.15, 0.2) is 0 Å². The van der Waals surface area contributed by atoms with Gasteiger partial charge in [0, 0.05) is 19.5 Å². The van der Waals surface area contributed by atoms with Crippen molar-refractivity contribution in [1.29, 1.82) is 0 Å². The Morgan fingerprint density at radius 3 is 2.42 bits per heavy atom. The molecule has 0 saturated heterocycles. The third-order valence-corrected chi connectivity index (χ3v) is 2.62. The zero-order valence-corrected chi connectivity index (χ0v) is 11.8. The summed E-state index contributed by atoms with van der Waals surface area (Å²) < 4.78 is 0. The van der Waals surface area contributed by atoms with E-state index in [0.29, 0.717) is 13.1 Å². The van der Waals surface area contributed by atoms with Gasteiger partial charge in [0.2, 0.25) is 0 Å². The van der Waals surface area contributed by atoms with Crippen LogP contribution in [0.5, 0.6) is 0 Å². The minimum Gasteiger partial charge on any atom is -0.480 e. The van der Waals surface area contributed by atoms with Gasteiger partial charge in [0.1, 0.15) is 6.04 Å². The van der Waals surface area contributed by atoms with Crippen LogP contribution in [0.3, 0.4) is 0 Å². The second kappa shape index (κ2) is 9.22. The fourth-order valence-corrected chi connectivity index (χ4v) is 1.54. The van der Waals surface area contributed by atoms with Crippen LogP contribution in [0.2, 0.25) is 0 Å². The lowest BCUT2D eigenvalue weighted by Crippen LogP contribution is -2.48. The third-order valence-electron chi connectivity index (χ3n) is 2.62. The lowest BCUT2D eigenvalue weighted by atomic mass is 10.2. The first-order valence-corrected chi connectivity index (χ1v) is 6.28. The van der Waals surface area contributed by atoms with Crippen molar-refractivity contribution >= 4 is 12.0 Å². The molecule has 108 valence electrons. The van der Waals surface area contributed by atoms with Gasteiger partial charge in [0.05, 0.1) is 0 Å². The van der Waals surface area contributed by atoms with Gasteiger partial charge in [-0.05, 0) is 34.0 Å². The number of carbonyl (C=O) groups excluding carboxylic acids is 1. The Bertz CT molecular complexity index is 337. The smallest absolute Gasteiger partial charge is 0.327 e. The summed E-state index contributed by atoms with van der Waals surface area (Å²) in [4.78, 5) is 26.4. The summed E-state index contributed by atoms with van der Waals surface area (Å²) in [6.45, 7) is 3.84. The van der Waals surface area contributed by atoms with E-state index in [0.717, 1.165) is 13.0 Å². The van der Waals surface area contributed by atoms with Crippen LogP contribution in [0.4, 0.5) is 4.79 Å². The Balaban J connectivity index is 4.33. The highest BCUT2D eigenvalue weighted by atomic mass is 16.4. The molecular weight excluding hydrogens is 246 g/mol. The van der Waals surface area contributed by atoms with Crippen LogP contribution in [-0.4, -0.2) is 66.7 Å². The van der Waals surface area contributed by atoms with Gasteiger partial charge in [-0.15, -0.1) is 12.3 Å². The molecule has 1 atom stereocenters. The molecule has 0 rings (SSSR count). The van der Waals surface area contributed by atoms with Gasteiger partial charge in [-0.1, -0.05) is 0 Å². The Hall–Kier alpha value is -1.74. The van der Waals surface area contributed by atoms with E-state index in [1.807, 2.05) is 25.9 Å². The van der Waals surface area contributed by atoms with Crippen molar-refractivity contribution in [3.05, 3.63) is 0 Å². The van der Waals surface area contributed by atoms with E-state index in [2.05, 4.69) is 11.2 Å². The van der Waals surface area contributed by atoms with Crippen molar-refractivity contribution in [1.82, 2.24) is 15.1 Å². The van der Waals surface area contributed by atoms with Gasteiger partial charge >= 0.3 is 12.0 Å². The maximum absolute atomic E-state index is 11.9. The van der Waals surface area contributed by atoms with Crippen molar-refractivity contribution in [3.63, 3.8) is 0 Å². The number of carboxylic acids is 1. The van der Waals surface area contributed by atoms with Gasteiger partial charge in [-0.25, -0.2) is 9.59 Å². The second-order valence-electron chi connectivity index (χ2n) is 4.49. The first-order valence-electron chi connectivity index (χ1n) is 6.28. The summed E-state index contributed by atoms with van der Waals surface area (Å²) >= 11 is 0. The number of hydrogen-bond donors (Lipinski definition) is 2. The highest BCUT2D eigenvalue weighted by Gasteiger charge is 2.21. The van der Waals surface area contributed by atoms with E-state index >= 15 is 0 Å². The highest BCUT2D eigenvalue weighted by Crippen LogP contribution is 1.97. The zero-order valence-electron chi connectivity index (χ0n) is 11.8. The van der Waals surface area contributed by atoms with Crippen LogP contribution in [0, 0.1) is 12.3 Å². The fraction of sp³-hybridized carbons (Fsp3) is 0.692. The fourth-order valence-electron chi connectivity index (χ4n) is 1.54. The highest BCUT2D eigenvalue weighted by molar-refractivity contribution is 5.82. The van der Waals surface area contributed by atoms with Crippen LogP contribution in [0.1, 0.15) is 19.8 Å². The predicted molar refractivity (Wildman–Crippen MR) is 73.8 cm³/mol. The zero-order chi connectivity index (χ0) is 14.8. The quantitative estimate of drug-likeness (QED) is 0.627. The molecule has 0 aliphatic heterocycles. The molecule has 0 radical (unpaired) electrons. The van der Waals surface area contributed by atoms with E-state index in [9.17, 15) is 9.59 Å². The number of nitrogens with one attached hydrogen (secondary N) is 1. The molecule has 0 heterocycles. The number of terminal acetylenes is 1. The molecule has 0 aliphatic carbocycles. The van der Waals surface area contributed by atoms with Gasteiger partial charge in [0.25, 0.3) is 0 Å². The average Bonchev–Trinajstić information content (AvgIpc) is 2.33. The Labute approximate surface area is 114 Å². The first-order chi connectivity index (χ1) is 8.92. The number of hydrogen-bond acceptors (Lipinski definition) is 3. The van der Waals surface area contributed by atoms with Crippen molar-refractivity contribution < 1.29 is 14.7 Å². The molecule has 0 aromatic heterocycles. The lowest BCUT2D eigenvalue weighted by molar-refractivity contribution is -0.139. The number of rotatable bonds is 8. The number of carbonyl (C=O) groups is 2. The Kier molecular flexibility index (Phi) is 8.38. The summed E-state index contributed by atoms with van der Waals surface area (Å²) in [6, 6.07) is -1.41. The second-order valence-corrected chi connectivity index (χ2v) is 4.49. The molecule has 0 aliphatic rings. The van der Waals surface area contributed by atoms with Gasteiger partial charge in [-0.2, -0.15) is 0 Å². The van der Waals surface area contributed by atoms with Gasteiger partial charge < -0.3 is 20.2 Å². The maximum Gasteiger partial charge on any atom is 0.327 e. The average molecular weight is 269 g/mol. The molecule has 0 saturated carbocycles. The summed E-state index contributed by atoms with van der Waals surface area (Å²) in [5.41, 5.74) is 0. The molecule has 0 fully saturated rings. The standard InChI is InChI=1S/C13H23N3O3/c1-5-8-11(12(17)18)14-13(19)16(6-2)10-7-9-15(3)4/h1,11H,6-10H2,2-4H3,(H,14,19)(H,17,18). The number of carboxylic acid groups (broad SMARTS) is 1. The predicted octanol–water partition coefficient (Wildman–Crippen LogP) is 0.446. The van der Waals surface area contributed by atoms with Crippen LogP contribution in [-0.2, 0) is 4.79 Å². The molecule has 0 spiro atoms. The first kappa shape index (κ1) is 17.3. The largest absolute Gasteiger partial charge is 0.480 e. The molecule has 2 amide bonds. The van der Waals surface area contributed by atoms with Gasteiger partial charge in [-0.3, -0.25) is 0 Å². The number of amides is 2. The maximum atomic E-state index is 11.9. The molecule has 6 heteroatoms. The van der Waals surface area contributed by atoms with E-state index in [4.69, 9.17) is 11.5 Å². The van der Waals surface area contributed by atoms with E-state index in [1.165, 1.54) is 0 Å². The molecule has 1 unspecified atom stereocenters. The normalized spacial score (nSPS) is 11.7.